The van der Waals surface area contributed by atoms with Gasteiger partial charge in [0.05, 0.1) is 17.7 Å². The second-order valence-corrected chi connectivity index (χ2v) is 7.35. The molecule has 8 heteroatoms. The molecule has 1 N–H and O–H groups in total. The monoisotopic (exact) mass is 380 g/mol. The van der Waals surface area contributed by atoms with Crippen LogP contribution in [0, 0.1) is 5.82 Å². The van der Waals surface area contributed by atoms with Crippen molar-refractivity contribution in [2.45, 2.75) is 18.7 Å². The first-order chi connectivity index (χ1) is 12.3. The number of amides is 1. The fourth-order valence-corrected chi connectivity index (χ4v) is 3.97. The summed E-state index contributed by atoms with van der Waals surface area (Å²) in [6.45, 7) is 4.15. The smallest absolute Gasteiger partial charge is 0.255 e. The molecule has 2 rings (SSSR count). The van der Waals surface area contributed by atoms with E-state index in [9.17, 15) is 17.6 Å². The minimum Gasteiger partial charge on any atom is -0.495 e. The third kappa shape index (κ3) is 4.20. The molecule has 1 amide bonds. The van der Waals surface area contributed by atoms with Gasteiger partial charge in [-0.3, -0.25) is 4.79 Å². The lowest BCUT2D eigenvalue weighted by Gasteiger charge is -2.19. The molecule has 0 atom stereocenters. The SMILES string of the molecule is CCN(CC)S(=O)(=O)c1ccc(OC)c(NC(=O)c2cccc(F)c2)c1. The minimum absolute atomic E-state index is 0.0385. The highest BCUT2D eigenvalue weighted by Crippen LogP contribution is 2.29. The van der Waals surface area contributed by atoms with Crippen LogP contribution in [0.15, 0.2) is 47.4 Å². The number of ether oxygens (including phenoxy) is 1. The molecule has 0 aliphatic carbocycles. The number of carbonyl (C=O) groups is 1. The number of nitrogens with zero attached hydrogens (tertiary/aromatic N) is 1. The molecule has 0 spiro atoms. The van der Waals surface area contributed by atoms with Gasteiger partial charge in [-0.05, 0) is 36.4 Å². The van der Waals surface area contributed by atoms with E-state index in [4.69, 9.17) is 4.74 Å². The number of nitrogens with one attached hydrogen (secondary N) is 1. The predicted octanol–water partition coefficient (Wildman–Crippen LogP) is 3.12. The highest BCUT2D eigenvalue weighted by Gasteiger charge is 2.23. The van der Waals surface area contributed by atoms with Gasteiger partial charge in [0, 0.05) is 18.7 Å². The van der Waals surface area contributed by atoms with Crippen molar-refractivity contribution in [2.24, 2.45) is 0 Å². The molecule has 0 bridgehead atoms. The van der Waals surface area contributed by atoms with E-state index in [1.807, 2.05) is 0 Å². The Labute approximate surface area is 152 Å². The molecule has 6 nitrogen and oxygen atoms in total. The van der Waals surface area contributed by atoms with Crippen LogP contribution < -0.4 is 10.1 Å². The topological polar surface area (TPSA) is 75.7 Å². The molecule has 0 saturated carbocycles. The van der Waals surface area contributed by atoms with Crippen molar-refractivity contribution < 1.29 is 22.3 Å². The Hall–Kier alpha value is -2.45. The average Bonchev–Trinajstić information content (AvgIpc) is 2.62. The Kier molecular flexibility index (Phi) is 6.33. The largest absolute Gasteiger partial charge is 0.495 e. The molecule has 0 fully saturated rings. The zero-order valence-electron chi connectivity index (χ0n) is 14.8. The number of hydrogen-bond donors (Lipinski definition) is 1. The first kappa shape index (κ1) is 19.9. The number of hydrogen-bond acceptors (Lipinski definition) is 4. The number of anilines is 1. The highest BCUT2D eigenvalue weighted by atomic mass is 32.2. The van der Waals surface area contributed by atoms with E-state index in [0.29, 0.717) is 18.8 Å². The van der Waals surface area contributed by atoms with Gasteiger partial charge >= 0.3 is 0 Å². The second-order valence-electron chi connectivity index (χ2n) is 5.42. The van der Waals surface area contributed by atoms with Crippen molar-refractivity contribution in [1.29, 1.82) is 0 Å². The maximum atomic E-state index is 13.3. The number of benzene rings is 2. The van der Waals surface area contributed by atoms with Crippen LogP contribution >= 0.6 is 0 Å². The van der Waals surface area contributed by atoms with Gasteiger partial charge in [0.15, 0.2) is 0 Å². The molecular weight excluding hydrogens is 359 g/mol. The lowest BCUT2D eigenvalue weighted by atomic mass is 10.2. The van der Waals surface area contributed by atoms with Gasteiger partial charge in [-0.2, -0.15) is 4.31 Å². The Bertz CT molecular complexity index is 896. The Morgan fingerprint density at radius 3 is 2.42 bits per heavy atom. The molecular formula is C18H21FN2O4S. The summed E-state index contributed by atoms with van der Waals surface area (Å²) in [5.74, 6) is -0.809. The van der Waals surface area contributed by atoms with Gasteiger partial charge in [0.25, 0.3) is 5.91 Å². The van der Waals surface area contributed by atoms with Crippen molar-refractivity contribution in [1.82, 2.24) is 4.31 Å². The van der Waals surface area contributed by atoms with Crippen LogP contribution in [-0.4, -0.2) is 38.8 Å². The summed E-state index contributed by atoms with van der Waals surface area (Å²) in [4.78, 5) is 12.4. The van der Waals surface area contributed by atoms with Gasteiger partial charge in [-0.1, -0.05) is 19.9 Å². The van der Waals surface area contributed by atoms with Crippen LogP contribution in [0.25, 0.3) is 0 Å². The summed E-state index contributed by atoms with van der Waals surface area (Å²) in [5.41, 5.74) is 0.305. The highest BCUT2D eigenvalue weighted by molar-refractivity contribution is 7.89. The molecule has 2 aromatic carbocycles. The molecule has 0 aromatic heterocycles. The first-order valence-corrected chi connectivity index (χ1v) is 9.52. The fourth-order valence-electron chi connectivity index (χ4n) is 2.48. The molecule has 0 radical (unpaired) electrons. The molecule has 0 saturated heterocycles. The van der Waals surface area contributed by atoms with Gasteiger partial charge < -0.3 is 10.1 Å². The average molecular weight is 380 g/mol. The summed E-state index contributed by atoms with van der Waals surface area (Å²) < 4.78 is 45.2. The van der Waals surface area contributed by atoms with Crippen LogP contribution in [0.2, 0.25) is 0 Å². The molecule has 2 aromatic rings. The summed E-state index contributed by atoms with van der Waals surface area (Å²) in [6.07, 6.45) is 0. The van der Waals surface area contributed by atoms with Crippen LogP contribution in [0.1, 0.15) is 24.2 Å². The van der Waals surface area contributed by atoms with Crippen molar-refractivity contribution in [3.8, 4) is 5.75 Å². The summed E-state index contributed by atoms with van der Waals surface area (Å²) in [6, 6.07) is 9.43. The molecule has 0 unspecified atom stereocenters. The van der Waals surface area contributed by atoms with Gasteiger partial charge in [-0.25, -0.2) is 12.8 Å². The summed E-state index contributed by atoms with van der Waals surface area (Å²) >= 11 is 0. The first-order valence-electron chi connectivity index (χ1n) is 8.08. The third-order valence-electron chi connectivity index (χ3n) is 3.85. The van der Waals surface area contributed by atoms with Crippen LogP contribution in [0.3, 0.4) is 0 Å². The van der Waals surface area contributed by atoms with E-state index in [1.165, 1.54) is 47.8 Å². The zero-order valence-corrected chi connectivity index (χ0v) is 15.6. The van der Waals surface area contributed by atoms with E-state index in [0.717, 1.165) is 6.07 Å². The number of methoxy groups -OCH3 is 1. The molecule has 140 valence electrons. The van der Waals surface area contributed by atoms with Crippen LogP contribution in [0.4, 0.5) is 10.1 Å². The number of carbonyl (C=O) groups excluding carboxylic acids is 1. The summed E-state index contributed by atoms with van der Waals surface area (Å²) in [5, 5.41) is 2.58. The number of halogens is 1. The molecule has 26 heavy (non-hydrogen) atoms. The van der Waals surface area contributed by atoms with Gasteiger partial charge in [0.1, 0.15) is 11.6 Å². The van der Waals surface area contributed by atoms with E-state index in [2.05, 4.69) is 5.32 Å². The van der Waals surface area contributed by atoms with Crippen molar-refractivity contribution >= 4 is 21.6 Å². The fraction of sp³-hybridized carbons (Fsp3) is 0.278. The number of sulfonamides is 1. The molecule has 0 heterocycles. The van der Waals surface area contributed by atoms with Gasteiger partial charge in [-0.15, -0.1) is 0 Å². The van der Waals surface area contributed by atoms with Crippen LogP contribution in [0.5, 0.6) is 5.75 Å². The lowest BCUT2D eigenvalue weighted by molar-refractivity contribution is 0.102. The van der Waals surface area contributed by atoms with Gasteiger partial charge in [0.2, 0.25) is 10.0 Å². The summed E-state index contributed by atoms with van der Waals surface area (Å²) in [7, 11) is -2.28. The van der Waals surface area contributed by atoms with E-state index >= 15 is 0 Å². The predicted molar refractivity (Wildman–Crippen MR) is 97.5 cm³/mol. The van der Waals surface area contributed by atoms with Crippen molar-refractivity contribution in [2.75, 3.05) is 25.5 Å². The second kappa shape index (κ2) is 8.29. The Morgan fingerprint density at radius 1 is 1.15 bits per heavy atom. The van der Waals surface area contributed by atoms with Crippen molar-refractivity contribution in [3.63, 3.8) is 0 Å². The van der Waals surface area contributed by atoms with E-state index < -0.39 is 21.7 Å². The molecule has 0 aliphatic rings. The van der Waals surface area contributed by atoms with E-state index in [1.54, 1.807) is 13.8 Å². The Balaban J connectivity index is 2.40. The van der Waals surface area contributed by atoms with E-state index in [-0.39, 0.29) is 16.1 Å². The maximum absolute atomic E-state index is 13.3. The third-order valence-corrected chi connectivity index (χ3v) is 5.90. The quantitative estimate of drug-likeness (QED) is 0.801. The Morgan fingerprint density at radius 2 is 1.85 bits per heavy atom. The minimum atomic E-state index is -3.69. The van der Waals surface area contributed by atoms with Crippen LogP contribution in [-0.2, 0) is 10.0 Å². The molecule has 0 aliphatic heterocycles. The normalized spacial score (nSPS) is 11.4. The lowest BCUT2D eigenvalue weighted by Crippen LogP contribution is -2.30. The zero-order chi connectivity index (χ0) is 19.3. The maximum Gasteiger partial charge on any atom is 0.255 e. The van der Waals surface area contributed by atoms with Crippen molar-refractivity contribution in [3.05, 3.63) is 53.8 Å². The number of rotatable bonds is 7. The standard InChI is InChI=1S/C18H21FN2O4S/c1-4-21(5-2)26(23,24)15-9-10-17(25-3)16(12-15)20-18(22)13-7-6-8-14(19)11-13/h6-12H,4-5H2,1-3H3,(H,20,22).